The number of hydrogen-bond donors (Lipinski definition) is 0. The van der Waals surface area contributed by atoms with Gasteiger partial charge in [-0.1, -0.05) is 6.92 Å². The van der Waals surface area contributed by atoms with E-state index in [9.17, 15) is 9.59 Å². The molecule has 3 rings (SSSR count). The normalized spacial score (nSPS) is 20.6. The van der Waals surface area contributed by atoms with Gasteiger partial charge in [0.05, 0.1) is 6.61 Å². The Labute approximate surface area is 160 Å². The van der Waals surface area contributed by atoms with Crippen molar-refractivity contribution in [2.45, 2.75) is 33.6 Å². The Morgan fingerprint density at radius 3 is 2.52 bits per heavy atom. The van der Waals surface area contributed by atoms with Crippen LogP contribution in [0.5, 0.6) is 0 Å². The molecule has 2 aliphatic rings. The van der Waals surface area contributed by atoms with E-state index in [1.165, 1.54) is 6.42 Å². The van der Waals surface area contributed by atoms with E-state index in [0.29, 0.717) is 50.3 Å². The maximum absolute atomic E-state index is 12.9. The van der Waals surface area contributed by atoms with Gasteiger partial charge in [0.15, 0.2) is 0 Å². The average Bonchev–Trinajstić information content (AvgIpc) is 2.67. The zero-order valence-electron chi connectivity index (χ0n) is 16.5. The zero-order valence-corrected chi connectivity index (χ0v) is 16.5. The monoisotopic (exact) mass is 375 g/mol. The Kier molecular flexibility index (Phi) is 6.13. The molecule has 8 heteroatoms. The van der Waals surface area contributed by atoms with Crippen LogP contribution in [0.2, 0.25) is 0 Å². The molecule has 148 valence electrons. The van der Waals surface area contributed by atoms with Gasteiger partial charge in [0, 0.05) is 45.0 Å². The quantitative estimate of drug-likeness (QED) is 0.803. The summed E-state index contributed by atoms with van der Waals surface area (Å²) >= 11 is 0. The van der Waals surface area contributed by atoms with Crippen molar-refractivity contribution in [3.63, 3.8) is 0 Å². The SMILES string of the molecule is CCOC(=O)N1CCN(C(=O)c2cc(C)nc(N3CCCC(C)C3)n2)CC1. The van der Waals surface area contributed by atoms with Gasteiger partial charge in [0.2, 0.25) is 5.95 Å². The lowest BCUT2D eigenvalue weighted by atomic mass is 10.0. The molecule has 1 aromatic heterocycles. The second kappa shape index (κ2) is 8.54. The van der Waals surface area contributed by atoms with Crippen LogP contribution in [0.25, 0.3) is 0 Å². The van der Waals surface area contributed by atoms with Crippen molar-refractivity contribution in [1.82, 2.24) is 19.8 Å². The van der Waals surface area contributed by atoms with E-state index in [1.807, 2.05) is 6.92 Å². The number of ether oxygens (including phenoxy) is 1. The van der Waals surface area contributed by atoms with Crippen molar-refractivity contribution in [2.24, 2.45) is 5.92 Å². The number of carbonyl (C=O) groups is 2. The number of piperazine rings is 1. The number of aromatic nitrogens is 2. The fourth-order valence-corrected chi connectivity index (χ4v) is 3.64. The van der Waals surface area contributed by atoms with Gasteiger partial charge in [0.25, 0.3) is 5.91 Å². The van der Waals surface area contributed by atoms with E-state index in [4.69, 9.17) is 4.74 Å². The fraction of sp³-hybridized carbons (Fsp3) is 0.684. The van der Waals surface area contributed by atoms with Crippen LogP contribution in [0, 0.1) is 12.8 Å². The molecule has 0 N–H and O–H groups in total. The van der Waals surface area contributed by atoms with Crippen molar-refractivity contribution in [2.75, 3.05) is 50.8 Å². The largest absolute Gasteiger partial charge is 0.450 e. The second-order valence-electron chi connectivity index (χ2n) is 7.37. The molecule has 1 aromatic rings. The van der Waals surface area contributed by atoms with Crippen LogP contribution >= 0.6 is 0 Å². The van der Waals surface area contributed by atoms with Crippen LogP contribution in [0.3, 0.4) is 0 Å². The molecule has 0 radical (unpaired) electrons. The first-order chi connectivity index (χ1) is 13.0. The summed E-state index contributed by atoms with van der Waals surface area (Å²) in [5, 5.41) is 0. The van der Waals surface area contributed by atoms with E-state index < -0.39 is 0 Å². The molecule has 27 heavy (non-hydrogen) atoms. The highest BCUT2D eigenvalue weighted by molar-refractivity contribution is 5.93. The average molecular weight is 375 g/mol. The summed E-state index contributed by atoms with van der Waals surface area (Å²) < 4.78 is 5.03. The first-order valence-corrected chi connectivity index (χ1v) is 9.79. The second-order valence-corrected chi connectivity index (χ2v) is 7.37. The van der Waals surface area contributed by atoms with Crippen LogP contribution in [0.15, 0.2) is 6.07 Å². The summed E-state index contributed by atoms with van der Waals surface area (Å²) in [5.41, 5.74) is 1.23. The van der Waals surface area contributed by atoms with E-state index in [-0.39, 0.29) is 12.0 Å². The molecule has 2 amide bonds. The van der Waals surface area contributed by atoms with E-state index in [1.54, 1.807) is 22.8 Å². The Bertz CT molecular complexity index is 688. The van der Waals surface area contributed by atoms with Crippen LogP contribution < -0.4 is 4.90 Å². The first-order valence-electron chi connectivity index (χ1n) is 9.79. The van der Waals surface area contributed by atoms with Crippen LogP contribution in [0.4, 0.5) is 10.7 Å². The van der Waals surface area contributed by atoms with Crippen molar-refractivity contribution in [3.05, 3.63) is 17.5 Å². The number of carbonyl (C=O) groups excluding carboxylic acids is 2. The molecule has 0 spiro atoms. The third-order valence-electron chi connectivity index (χ3n) is 5.09. The molecule has 0 aromatic carbocycles. The molecular formula is C19H29N5O3. The highest BCUT2D eigenvalue weighted by Gasteiger charge is 2.27. The number of aryl methyl sites for hydroxylation is 1. The number of hydrogen-bond acceptors (Lipinski definition) is 6. The molecule has 8 nitrogen and oxygen atoms in total. The topological polar surface area (TPSA) is 78.9 Å². The van der Waals surface area contributed by atoms with Gasteiger partial charge >= 0.3 is 6.09 Å². The summed E-state index contributed by atoms with van der Waals surface area (Å²) in [6.45, 7) is 10.1. The number of nitrogens with zero attached hydrogens (tertiary/aromatic N) is 5. The summed E-state index contributed by atoms with van der Waals surface area (Å²) in [6.07, 6.45) is 2.03. The first kappa shape index (κ1) is 19.4. The minimum atomic E-state index is -0.316. The minimum absolute atomic E-state index is 0.102. The van der Waals surface area contributed by atoms with Gasteiger partial charge in [-0.3, -0.25) is 4.79 Å². The Morgan fingerprint density at radius 2 is 1.85 bits per heavy atom. The number of amides is 2. The third kappa shape index (κ3) is 4.67. The Hall–Kier alpha value is -2.38. The Balaban J connectivity index is 1.67. The lowest BCUT2D eigenvalue weighted by Crippen LogP contribution is -2.51. The molecular weight excluding hydrogens is 346 g/mol. The highest BCUT2D eigenvalue weighted by Crippen LogP contribution is 2.21. The van der Waals surface area contributed by atoms with Gasteiger partial charge in [0.1, 0.15) is 5.69 Å². The van der Waals surface area contributed by atoms with E-state index in [2.05, 4.69) is 21.8 Å². The molecule has 2 aliphatic heterocycles. The van der Waals surface area contributed by atoms with E-state index in [0.717, 1.165) is 25.2 Å². The van der Waals surface area contributed by atoms with Crippen LogP contribution in [-0.2, 0) is 4.74 Å². The van der Waals surface area contributed by atoms with Crippen LogP contribution in [-0.4, -0.2) is 77.6 Å². The standard InChI is InChI=1S/C19H29N5O3/c1-4-27-19(26)23-10-8-22(9-11-23)17(25)16-12-15(3)20-18(21-16)24-7-5-6-14(2)13-24/h12,14H,4-11,13H2,1-3H3. The molecule has 1 atom stereocenters. The summed E-state index contributed by atoms with van der Waals surface area (Å²) in [4.78, 5) is 39.4. The molecule has 0 saturated carbocycles. The van der Waals surface area contributed by atoms with Gasteiger partial charge < -0.3 is 19.4 Å². The van der Waals surface area contributed by atoms with Crippen molar-refractivity contribution in [3.8, 4) is 0 Å². The van der Waals surface area contributed by atoms with Gasteiger partial charge in [-0.25, -0.2) is 14.8 Å². The lowest BCUT2D eigenvalue weighted by molar-refractivity contribution is 0.0566. The van der Waals surface area contributed by atoms with Crippen LogP contribution in [0.1, 0.15) is 42.9 Å². The van der Waals surface area contributed by atoms with E-state index >= 15 is 0 Å². The molecule has 0 bridgehead atoms. The predicted octanol–water partition coefficient (Wildman–Crippen LogP) is 1.94. The smallest absolute Gasteiger partial charge is 0.409 e. The number of rotatable bonds is 3. The maximum atomic E-state index is 12.9. The highest BCUT2D eigenvalue weighted by atomic mass is 16.6. The maximum Gasteiger partial charge on any atom is 0.409 e. The van der Waals surface area contributed by atoms with Gasteiger partial charge in [-0.15, -0.1) is 0 Å². The van der Waals surface area contributed by atoms with Crippen molar-refractivity contribution in [1.29, 1.82) is 0 Å². The molecule has 3 heterocycles. The minimum Gasteiger partial charge on any atom is -0.450 e. The predicted molar refractivity (Wildman–Crippen MR) is 102 cm³/mol. The lowest BCUT2D eigenvalue weighted by Gasteiger charge is -2.34. The molecule has 1 unspecified atom stereocenters. The summed E-state index contributed by atoms with van der Waals surface area (Å²) in [6, 6.07) is 1.75. The van der Waals surface area contributed by atoms with Crippen molar-refractivity contribution < 1.29 is 14.3 Å². The third-order valence-corrected chi connectivity index (χ3v) is 5.09. The molecule has 2 fully saturated rings. The van der Waals surface area contributed by atoms with Gasteiger partial charge in [-0.2, -0.15) is 0 Å². The van der Waals surface area contributed by atoms with Gasteiger partial charge in [-0.05, 0) is 38.7 Å². The fourth-order valence-electron chi connectivity index (χ4n) is 3.64. The Morgan fingerprint density at radius 1 is 1.15 bits per heavy atom. The number of piperidine rings is 1. The molecule has 0 aliphatic carbocycles. The summed E-state index contributed by atoms with van der Waals surface area (Å²) in [5.74, 6) is 1.16. The summed E-state index contributed by atoms with van der Waals surface area (Å²) in [7, 11) is 0. The molecule has 2 saturated heterocycles. The number of anilines is 1. The zero-order chi connectivity index (χ0) is 19.4. The van der Waals surface area contributed by atoms with Crippen molar-refractivity contribution >= 4 is 17.9 Å².